The maximum Gasteiger partial charge on any atom is 0.407 e. The molecule has 1 saturated heterocycles. The Bertz CT molecular complexity index is 989. The second-order valence-electron chi connectivity index (χ2n) is 14.3. The maximum atomic E-state index is 13.7. The van der Waals surface area contributed by atoms with Crippen molar-refractivity contribution >= 4 is 23.7 Å². The van der Waals surface area contributed by atoms with E-state index >= 15 is 0 Å². The highest BCUT2D eigenvalue weighted by atomic mass is 16.6. The normalized spacial score (nSPS) is 32.0. The van der Waals surface area contributed by atoms with E-state index in [-0.39, 0.29) is 48.2 Å². The lowest BCUT2D eigenvalue weighted by molar-refractivity contribution is -0.132. The van der Waals surface area contributed by atoms with Gasteiger partial charge in [-0.1, -0.05) is 0 Å². The number of unbranched alkanes of at least 4 members (excludes halogenated alkanes) is 1. The Balaban J connectivity index is 1.65. The molecule has 3 aliphatic rings. The average Bonchev–Trinajstić information content (AvgIpc) is 2.99. The van der Waals surface area contributed by atoms with Crippen LogP contribution in [-0.2, 0) is 28.6 Å². The third kappa shape index (κ3) is 11.5. The first-order valence-electron chi connectivity index (χ1n) is 16.9. The molecule has 1 aliphatic heterocycles. The van der Waals surface area contributed by atoms with Crippen molar-refractivity contribution in [3.8, 4) is 0 Å². The van der Waals surface area contributed by atoms with Crippen LogP contribution in [0.25, 0.3) is 0 Å². The molecule has 12 heteroatoms. The molecule has 12 nitrogen and oxygen atoms in total. The van der Waals surface area contributed by atoms with E-state index in [1.165, 1.54) is 0 Å². The summed E-state index contributed by atoms with van der Waals surface area (Å²) in [6, 6.07) is -2.04. The SMILES string of the molecule is CO[C@H]1CC[C@@H]2CCNC(=O)[C@H](C)NC(=O)[C@@H](NCC(=O)[C@@H](N)CCCCNC(=O)OC(C)(C)C)[C@H]3CC[C@H](OC)[C@@H](C3)[C@@H]1C2. The van der Waals surface area contributed by atoms with Gasteiger partial charge in [-0.25, -0.2) is 4.79 Å². The number of hydrogen-bond donors (Lipinski definition) is 5. The molecule has 3 rings (SSSR count). The summed E-state index contributed by atoms with van der Waals surface area (Å²) in [5.74, 6) is 0.303. The van der Waals surface area contributed by atoms with E-state index in [1.807, 2.05) is 0 Å². The lowest BCUT2D eigenvalue weighted by atomic mass is 9.64. The largest absolute Gasteiger partial charge is 0.444 e. The second-order valence-corrected chi connectivity index (χ2v) is 14.3. The molecule has 0 aromatic rings. The Kier molecular flexibility index (Phi) is 14.5. The number of carbonyl (C=O) groups excluding carboxylic acids is 4. The van der Waals surface area contributed by atoms with Gasteiger partial charge in [0, 0.05) is 27.3 Å². The number of Topliss-reactive ketones (excluding diaryl/α,β-unsaturated/α-hetero) is 1. The molecule has 258 valence electrons. The smallest absolute Gasteiger partial charge is 0.407 e. The molecule has 2 saturated carbocycles. The van der Waals surface area contributed by atoms with Crippen molar-refractivity contribution in [2.75, 3.05) is 33.9 Å². The van der Waals surface area contributed by atoms with Gasteiger partial charge < -0.3 is 35.9 Å². The first kappa shape index (κ1) is 37.2. The first-order valence-corrected chi connectivity index (χ1v) is 16.9. The highest BCUT2D eigenvalue weighted by molar-refractivity contribution is 5.90. The molecular formula is C33H59N5O7. The van der Waals surface area contributed by atoms with Crippen molar-refractivity contribution < 1.29 is 33.4 Å². The molecule has 4 bridgehead atoms. The number of fused-ring (bicyclic) bond motifs is 5. The molecule has 0 radical (unpaired) electrons. The van der Waals surface area contributed by atoms with E-state index in [1.54, 1.807) is 41.9 Å². The zero-order valence-corrected chi connectivity index (χ0v) is 28.3. The van der Waals surface area contributed by atoms with Crippen molar-refractivity contribution in [2.45, 2.75) is 128 Å². The van der Waals surface area contributed by atoms with Crippen LogP contribution >= 0.6 is 0 Å². The Labute approximate surface area is 269 Å². The van der Waals surface area contributed by atoms with E-state index in [4.69, 9.17) is 19.9 Å². The van der Waals surface area contributed by atoms with Crippen LogP contribution < -0.4 is 27.0 Å². The molecule has 1 heterocycles. The van der Waals surface area contributed by atoms with Gasteiger partial charge >= 0.3 is 6.09 Å². The van der Waals surface area contributed by atoms with Gasteiger partial charge in [-0.2, -0.15) is 0 Å². The Morgan fingerprint density at radius 2 is 1.62 bits per heavy atom. The number of ketones is 1. The fourth-order valence-electron chi connectivity index (χ4n) is 7.42. The highest BCUT2D eigenvalue weighted by Crippen LogP contribution is 2.45. The van der Waals surface area contributed by atoms with E-state index in [2.05, 4.69) is 21.3 Å². The molecule has 0 aromatic carbocycles. The fourth-order valence-corrected chi connectivity index (χ4v) is 7.42. The van der Waals surface area contributed by atoms with Gasteiger partial charge in [-0.15, -0.1) is 0 Å². The van der Waals surface area contributed by atoms with Crippen molar-refractivity contribution in [3.05, 3.63) is 0 Å². The van der Waals surface area contributed by atoms with Crippen LogP contribution in [0.3, 0.4) is 0 Å². The zero-order valence-electron chi connectivity index (χ0n) is 28.3. The summed E-state index contributed by atoms with van der Waals surface area (Å²) in [4.78, 5) is 51.4. The molecule has 3 fully saturated rings. The lowest BCUT2D eigenvalue weighted by Crippen LogP contribution is -2.57. The maximum absolute atomic E-state index is 13.7. The van der Waals surface area contributed by atoms with E-state index < -0.39 is 29.8 Å². The number of nitrogens with one attached hydrogen (secondary N) is 4. The Morgan fingerprint density at radius 3 is 2.29 bits per heavy atom. The molecule has 0 aromatic heterocycles. The van der Waals surface area contributed by atoms with Gasteiger partial charge in [0.2, 0.25) is 11.8 Å². The number of alkyl carbamates (subject to hydrolysis) is 1. The summed E-state index contributed by atoms with van der Waals surface area (Å²) >= 11 is 0. The van der Waals surface area contributed by atoms with Crippen molar-refractivity contribution in [2.24, 2.45) is 29.4 Å². The Morgan fingerprint density at radius 1 is 0.956 bits per heavy atom. The number of rotatable bonds is 11. The summed E-state index contributed by atoms with van der Waals surface area (Å²) in [5, 5.41) is 11.9. The van der Waals surface area contributed by atoms with Gasteiger partial charge in [-0.05, 0) is 116 Å². The number of methoxy groups -OCH3 is 2. The lowest BCUT2D eigenvalue weighted by Gasteiger charge is -2.47. The summed E-state index contributed by atoms with van der Waals surface area (Å²) < 4.78 is 17.2. The van der Waals surface area contributed by atoms with Gasteiger partial charge in [0.25, 0.3) is 0 Å². The fraction of sp³-hybridized carbons (Fsp3) is 0.879. The number of hydrogen-bond acceptors (Lipinski definition) is 9. The third-order valence-corrected chi connectivity index (χ3v) is 9.85. The van der Waals surface area contributed by atoms with Crippen LogP contribution in [0, 0.1) is 23.7 Å². The van der Waals surface area contributed by atoms with Crippen LogP contribution in [0.15, 0.2) is 0 Å². The predicted octanol–water partition coefficient (Wildman–Crippen LogP) is 2.42. The third-order valence-electron chi connectivity index (χ3n) is 9.85. The number of amides is 3. The number of carbonyl (C=O) groups is 4. The van der Waals surface area contributed by atoms with E-state index in [0.717, 1.165) is 44.9 Å². The monoisotopic (exact) mass is 637 g/mol. The van der Waals surface area contributed by atoms with Crippen molar-refractivity contribution in [1.29, 1.82) is 0 Å². The van der Waals surface area contributed by atoms with E-state index in [0.29, 0.717) is 44.2 Å². The van der Waals surface area contributed by atoms with Crippen LogP contribution in [0.1, 0.15) is 91.9 Å². The van der Waals surface area contributed by atoms with Crippen molar-refractivity contribution in [3.63, 3.8) is 0 Å². The quantitative estimate of drug-likeness (QED) is 0.214. The molecule has 9 atom stereocenters. The first-order chi connectivity index (χ1) is 21.3. The minimum atomic E-state index is -0.694. The summed E-state index contributed by atoms with van der Waals surface area (Å²) in [5.41, 5.74) is 5.68. The molecule has 3 amide bonds. The topological polar surface area (TPSA) is 170 Å². The molecule has 0 spiro atoms. The number of ether oxygens (including phenoxy) is 3. The van der Waals surface area contributed by atoms with E-state index in [9.17, 15) is 19.2 Å². The highest BCUT2D eigenvalue weighted by Gasteiger charge is 2.45. The van der Waals surface area contributed by atoms with Crippen molar-refractivity contribution in [1.82, 2.24) is 21.3 Å². The van der Waals surface area contributed by atoms with Gasteiger partial charge in [0.1, 0.15) is 11.6 Å². The van der Waals surface area contributed by atoms with Crippen LogP contribution in [0.2, 0.25) is 0 Å². The minimum absolute atomic E-state index is 0.0413. The molecule has 2 aliphatic carbocycles. The summed E-state index contributed by atoms with van der Waals surface area (Å²) in [6.07, 6.45) is 7.82. The molecule has 0 unspecified atom stereocenters. The van der Waals surface area contributed by atoms with Gasteiger partial charge in [0.05, 0.1) is 30.8 Å². The predicted molar refractivity (Wildman–Crippen MR) is 171 cm³/mol. The van der Waals surface area contributed by atoms with Crippen LogP contribution in [0.5, 0.6) is 0 Å². The zero-order chi connectivity index (χ0) is 33.1. The average molecular weight is 638 g/mol. The molecular weight excluding hydrogens is 578 g/mol. The standard InChI is InChI=1S/C33H59N5O7/c1-20-30(40)35-16-14-21-10-12-27(43-5)23(17-21)24-18-22(11-13-28(24)44-6)29(31(41)38-20)37-19-26(39)25(34)9-7-8-15-36-32(42)45-33(2,3)4/h20-25,27-29,37H,7-19,34H2,1-6H3,(H,35,40)(H,36,42)(H,38,41)/t20-,21+,22-,23-,24-,25-,27-,28-,29-/m0/s1. The molecule has 6 N–H and O–H groups in total. The minimum Gasteiger partial charge on any atom is -0.444 e. The van der Waals surface area contributed by atoms with Crippen LogP contribution in [-0.4, -0.2) is 93.5 Å². The van der Waals surface area contributed by atoms with Gasteiger partial charge in [-0.3, -0.25) is 19.7 Å². The molecule has 45 heavy (non-hydrogen) atoms. The summed E-state index contributed by atoms with van der Waals surface area (Å²) in [7, 11) is 3.55. The summed E-state index contributed by atoms with van der Waals surface area (Å²) in [6.45, 7) is 8.07. The van der Waals surface area contributed by atoms with Gasteiger partial charge in [0.15, 0.2) is 5.78 Å². The Hall–Kier alpha value is -2.28. The number of nitrogens with two attached hydrogens (primary N) is 1. The van der Waals surface area contributed by atoms with Crippen LogP contribution in [0.4, 0.5) is 4.79 Å². The second kappa shape index (κ2) is 17.6.